The highest BCUT2D eigenvalue weighted by molar-refractivity contribution is 5.48. The fourth-order valence-corrected chi connectivity index (χ4v) is 2.58. The minimum absolute atomic E-state index is 0.778. The molecule has 24 heavy (non-hydrogen) atoms. The predicted molar refractivity (Wildman–Crippen MR) is 98.7 cm³/mol. The first-order valence-corrected chi connectivity index (χ1v) is 8.03. The summed E-state index contributed by atoms with van der Waals surface area (Å²) in [5.74, 6) is 6.20. The maximum absolute atomic E-state index is 11.4. The topological polar surface area (TPSA) is 20.2 Å². The summed E-state index contributed by atoms with van der Waals surface area (Å²) in [4.78, 5) is 0. The zero-order valence-corrected chi connectivity index (χ0v) is 14.0. The van der Waals surface area contributed by atoms with Crippen LogP contribution in [0.25, 0.3) is 0 Å². The third kappa shape index (κ3) is 3.40. The summed E-state index contributed by atoms with van der Waals surface area (Å²) in [6.45, 7) is 4.06. The van der Waals surface area contributed by atoms with Crippen LogP contribution in [0.5, 0.6) is 0 Å². The lowest BCUT2D eigenvalue weighted by Crippen LogP contribution is -2.25. The number of hydrogen-bond donors (Lipinski definition) is 1. The summed E-state index contributed by atoms with van der Waals surface area (Å²) >= 11 is 0. The molecule has 0 aromatic heterocycles. The third-order valence-corrected chi connectivity index (χ3v) is 4.10. The van der Waals surface area contributed by atoms with Gasteiger partial charge in [-0.05, 0) is 26.0 Å². The van der Waals surface area contributed by atoms with Gasteiger partial charge in [0, 0.05) is 16.7 Å². The van der Waals surface area contributed by atoms with Crippen molar-refractivity contribution < 1.29 is 5.11 Å². The van der Waals surface area contributed by atoms with Gasteiger partial charge in [0.05, 0.1) is 0 Å². The largest absolute Gasteiger partial charge is 0.369 e. The van der Waals surface area contributed by atoms with Crippen molar-refractivity contribution in [3.05, 3.63) is 107 Å². The Morgan fingerprint density at radius 2 is 1.12 bits per heavy atom. The summed E-state index contributed by atoms with van der Waals surface area (Å²) in [7, 11) is 0. The van der Waals surface area contributed by atoms with Crippen LogP contribution in [0.4, 0.5) is 0 Å². The van der Waals surface area contributed by atoms with Crippen LogP contribution < -0.4 is 0 Å². The van der Waals surface area contributed by atoms with Gasteiger partial charge in [-0.3, -0.25) is 0 Å². The standard InChI is InChI=1S/C23H20O/c1-18-8-12-21(13-9-18)23(24,22-14-10-19(2)11-15-22)17-16-20-6-4-3-5-7-20/h3-15,24H,1-2H3. The average molecular weight is 312 g/mol. The summed E-state index contributed by atoms with van der Waals surface area (Å²) in [6, 6.07) is 25.5. The SMILES string of the molecule is Cc1ccc(C(O)(C#Cc2ccccc2)c2ccc(C)cc2)cc1. The molecule has 0 radical (unpaired) electrons. The van der Waals surface area contributed by atoms with E-state index >= 15 is 0 Å². The molecule has 1 heteroatoms. The van der Waals surface area contributed by atoms with E-state index in [-0.39, 0.29) is 0 Å². The second-order valence-corrected chi connectivity index (χ2v) is 6.06. The van der Waals surface area contributed by atoms with E-state index in [1.165, 1.54) is 0 Å². The minimum Gasteiger partial charge on any atom is -0.369 e. The molecule has 3 aromatic rings. The first-order valence-electron chi connectivity index (χ1n) is 8.03. The molecular formula is C23H20O. The van der Waals surface area contributed by atoms with Gasteiger partial charge in [-0.15, -0.1) is 0 Å². The summed E-state index contributed by atoms with van der Waals surface area (Å²) in [5.41, 5.74) is 3.41. The molecule has 0 unspecified atom stereocenters. The van der Waals surface area contributed by atoms with E-state index in [9.17, 15) is 5.11 Å². The number of aliphatic hydroxyl groups is 1. The molecule has 1 N–H and O–H groups in total. The normalized spacial score (nSPS) is 10.8. The molecule has 1 nitrogen and oxygen atoms in total. The maximum atomic E-state index is 11.4. The lowest BCUT2D eigenvalue weighted by Gasteiger charge is -2.24. The Kier molecular flexibility index (Phi) is 4.51. The van der Waals surface area contributed by atoms with E-state index in [1.54, 1.807) is 0 Å². The maximum Gasteiger partial charge on any atom is 0.177 e. The molecule has 0 heterocycles. The van der Waals surface area contributed by atoms with Crippen LogP contribution in [0.2, 0.25) is 0 Å². The van der Waals surface area contributed by atoms with Crippen molar-refractivity contribution in [2.24, 2.45) is 0 Å². The number of aryl methyl sites for hydroxylation is 2. The molecule has 118 valence electrons. The van der Waals surface area contributed by atoms with Crippen molar-refractivity contribution in [1.82, 2.24) is 0 Å². The van der Waals surface area contributed by atoms with E-state index in [1.807, 2.05) is 92.7 Å². The Bertz CT molecular complexity index is 818. The van der Waals surface area contributed by atoms with Crippen molar-refractivity contribution in [3.8, 4) is 11.8 Å². The Morgan fingerprint density at radius 3 is 1.58 bits per heavy atom. The van der Waals surface area contributed by atoms with E-state index in [4.69, 9.17) is 0 Å². The summed E-state index contributed by atoms with van der Waals surface area (Å²) in [6.07, 6.45) is 0. The molecule has 0 atom stereocenters. The zero-order valence-electron chi connectivity index (χ0n) is 14.0. The highest BCUT2D eigenvalue weighted by atomic mass is 16.3. The Labute approximate surface area is 143 Å². The monoisotopic (exact) mass is 312 g/mol. The molecule has 3 rings (SSSR count). The van der Waals surface area contributed by atoms with Gasteiger partial charge in [0.2, 0.25) is 0 Å². The van der Waals surface area contributed by atoms with Crippen LogP contribution in [0.15, 0.2) is 78.9 Å². The fourth-order valence-electron chi connectivity index (χ4n) is 2.58. The van der Waals surface area contributed by atoms with Crippen LogP contribution in [0.1, 0.15) is 27.8 Å². The molecule has 0 fully saturated rings. The van der Waals surface area contributed by atoms with Crippen LogP contribution >= 0.6 is 0 Å². The van der Waals surface area contributed by atoms with Gasteiger partial charge in [0.25, 0.3) is 0 Å². The molecule has 0 amide bonds. The summed E-state index contributed by atoms with van der Waals surface area (Å²) in [5, 5.41) is 11.4. The lowest BCUT2D eigenvalue weighted by atomic mass is 9.86. The first-order chi connectivity index (χ1) is 11.6. The van der Waals surface area contributed by atoms with Crippen molar-refractivity contribution in [3.63, 3.8) is 0 Å². The van der Waals surface area contributed by atoms with Crippen LogP contribution in [0.3, 0.4) is 0 Å². The van der Waals surface area contributed by atoms with E-state index in [0.717, 1.165) is 27.8 Å². The smallest absolute Gasteiger partial charge is 0.177 e. The van der Waals surface area contributed by atoms with Crippen molar-refractivity contribution in [2.45, 2.75) is 19.4 Å². The van der Waals surface area contributed by atoms with Gasteiger partial charge in [0.1, 0.15) is 0 Å². The molecule has 3 aromatic carbocycles. The molecule has 0 saturated carbocycles. The quantitative estimate of drug-likeness (QED) is 0.686. The Morgan fingerprint density at radius 1 is 0.667 bits per heavy atom. The molecule has 0 aliphatic heterocycles. The number of benzene rings is 3. The molecule has 0 saturated heterocycles. The molecule has 0 aliphatic carbocycles. The van der Waals surface area contributed by atoms with E-state index in [0.29, 0.717) is 0 Å². The number of hydrogen-bond acceptors (Lipinski definition) is 1. The fraction of sp³-hybridized carbons (Fsp3) is 0.130. The van der Waals surface area contributed by atoms with Gasteiger partial charge in [0.15, 0.2) is 5.60 Å². The molecular weight excluding hydrogens is 292 g/mol. The third-order valence-electron chi connectivity index (χ3n) is 4.10. The Hall–Kier alpha value is -2.82. The van der Waals surface area contributed by atoms with Gasteiger partial charge >= 0.3 is 0 Å². The van der Waals surface area contributed by atoms with E-state index < -0.39 is 5.60 Å². The second kappa shape index (κ2) is 6.74. The Balaban J connectivity index is 2.12. The second-order valence-electron chi connectivity index (χ2n) is 6.06. The van der Waals surface area contributed by atoms with Crippen LogP contribution in [-0.2, 0) is 5.60 Å². The highest BCUT2D eigenvalue weighted by Gasteiger charge is 2.29. The van der Waals surface area contributed by atoms with Gasteiger partial charge in [-0.1, -0.05) is 89.7 Å². The van der Waals surface area contributed by atoms with Crippen LogP contribution in [0, 0.1) is 25.7 Å². The van der Waals surface area contributed by atoms with Crippen molar-refractivity contribution in [1.29, 1.82) is 0 Å². The summed E-state index contributed by atoms with van der Waals surface area (Å²) < 4.78 is 0. The molecule has 0 spiro atoms. The minimum atomic E-state index is -1.34. The van der Waals surface area contributed by atoms with Crippen molar-refractivity contribution in [2.75, 3.05) is 0 Å². The van der Waals surface area contributed by atoms with Crippen LogP contribution in [-0.4, -0.2) is 5.11 Å². The van der Waals surface area contributed by atoms with Gasteiger partial charge in [-0.2, -0.15) is 0 Å². The predicted octanol–water partition coefficient (Wildman–Crippen LogP) is 4.59. The van der Waals surface area contributed by atoms with Gasteiger partial charge < -0.3 is 5.11 Å². The highest BCUT2D eigenvalue weighted by Crippen LogP contribution is 2.29. The molecule has 0 bridgehead atoms. The lowest BCUT2D eigenvalue weighted by molar-refractivity contribution is 0.145. The average Bonchev–Trinajstić information content (AvgIpc) is 2.62. The first kappa shape index (κ1) is 16.1. The van der Waals surface area contributed by atoms with E-state index in [2.05, 4.69) is 11.8 Å². The van der Waals surface area contributed by atoms with Gasteiger partial charge in [-0.25, -0.2) is 0 Å². The van der Waals surface area contributed by atoms with Crippen molar-refractivity contribution >= 4 is 0 Å². The zero-order chi connectivity index (χ0) is 17.0. The molecule has 0 aliphatic rings. The number of rotatable bonds is 2.